The van der Waals surface area contributed by atoms with Gasteiger partial charge in [0.25, 0.3) is 0 Å². The molecule has 0 unspecified atom stereocenters. The van der Waals surface area contributed by atoms with Gasteiger partial charge in [0, 0.05) is 6.54 Å². The summed E-state index contributed by atoms with van der Waals surface area (Å²) >= 11 is 0. The molecule has 0 radical (unpaired) electrons. The maximum absolute atomic E-state index is 13.0. The number of halogens is 1. The molecule has 2 aromatic rings. The molecule has 0 saturated carbocycles. The van der Waals surface area contributed by atoms with E-state index in [1.54, 1.807) is 6.07 Å². The fourth-order valence-corrected chi connectivity index (χ4v) is 1.51. The lowest BCUT2D eigenvalue weighted by Crippen LogP contribution is -2.22. The van der Waals surface area contributed by atoms with Crippen LogP contribution < -0.4 is 5.32 Å². The molecule has 0 spiro atoms. The van der Waals surface area contributed by atoms with Crippen molar-refractivity contribution in [2.45, 2.75) is 27.2 Å². The van der Waals surface area contributed by atoms with Crippen LogP contribution in [-0.4, -0.2) is 16.5 Å². The number of benzene rings is 1. The van der Waals surface area contributed by atoms with Crippen LogP contribution in [0, 0.1) is 11.2 Å². The highest BCUT2D eigenvalue weighted by Crippen LogP contribution is 2.21. The van der Waals surface area contributed by atoms with Crippen molar-refractivity contribution in [2.75, 3.05) is 11.9 Å². The van der Waals surface area contributed by atoms with E-state index in [4.69, 9.17) is 0 Å². The van der Waals surface area contributed by atoms with Crippen LogP contribution in [0.4, 0.5) is 10.3 Å². The second-order valence-electron chi connectivity index (χ2n) is 5.12. The number of nitrogens with one attached hydrogen (secondary N) is 2. The zero-order valence-corrected chi connectivity index (χ0v) is 10.5. The van der Waals surface area contributed by atoms with Gasteiger partial charge >= 0.3 is 0 Å². The number of rotatable bonds is 4. The number of anilines is 1. The number of nitrogens with zero attached hydrogens (tertiary/aromatic N) is 1. The van der Waals surface area contributed by atoms with Gasteiger partial charge in [-0.15, -0.1) is 0 Å². The lowest BCUT2D eigenvalue weighted by molar-refractivity contribution is 0.376. The summed E-state index contributed by atoms with van der Waals surface area (Å²) in [5.41, 5.74) is 1.73. The van der Waals surface area contributed by atoms with Gasteiger partial charge in [-0.25, -0.2) is 9.37 Å². The molecule has 0 aliphatic rings. The van der Waals surface area contributed by atoms with Crippen molar-refractivity contribution in [1.82, 2.24) is 9.97 Å². The summed E-state index contributed by atoms with van der Waals surface area (Å²) in [5, 5.41) is 3.26. The molecule has 92 valence electrons. The molecule has 0 atom stereocenters. The SMILES string of the molecule is CCC(C)(C)CNc1nc2ccc(F)cc2[nH]1. The van der Waals surface area contributed by atoms with Gasteiger partial charge in [0.2, 0.25) is 5.95 Å². The molecule has 0 bridgehead atoms. The normalized spacial score (nSPS) is 12.0. The van der Waals surface area contributed by atoms with Crippen molar-refractivity contribution >= 4 is 17.0 Å². The minimum Gasteiger partial charge on any atom is -0.355 e. The Balaban J connectivity index is 2.15. The Bertz CT molecular complexity index is 516. The quantitative estimate of drug-likeness (QED) is 0.850. The average molecular weight is 235 g/mol. The summed E-state index contributed by atoms with van der Waals surface area (Å²) in [7, 11) is 0. The fourth-order valence-electron chi connectivity index (χ4n) is 1.51. The van der Waals surface area contributed by atoms with Crippen molar-refractivity contribution in [2.24, 2.45) is 5.41 Å². The number of H-pyrrole nitrogens is 1. The Kier molecular flexibility index (Phi) is 3.05. The molecule has 1 aromatic carbocycles. The van der Waals surface area contributed by atoms with Crippen LogP contribution >= 0.6 is 0 Å². The Morgan fingerprint density at radius 3 is 2.88 bits per heavy atom. The number of aromatic nitrogens is 2. The van der Waals surface area contributed by atoms with Crippen molar-refractivity contribution in [1.29, 1.82) is 0 Å². The summed E-state index contributed by atoms with van der Waals surface area (Å²) in [5.74, 6) is 0.453. The average Bonchev–Trinajstić information content (AvgIpc) is 2.68. The first-order valence-corrected chi connectivity index (χ1v) is 5.89. The summed E-state index contributed by atoms with van der Waals surface area (Å²) in [6.07, 6.45) is 1.09. The van der Waals surface area contributed by atoms with Crippen LogP contribution in [0.25, 0.3) is 11.0 Å². The lowest BCUT2D eigenvalue weighted by Gasteiger charge is -2.22. The van der Waals surface area contributed by atoms with Gasteiger partial charge in [-0.1, -0.05) is 20.8 Å². The standard InChI is InChI=1S/C13H18FN3/c1-4-13(2,3)8-15-12-16-10-6-5-9(14)7-11(10)17-12/h5-7H,4,8H2,1-3H3,(H2,15,16,17). The summed E-state index contributed by atoms with van der Waals surface area (Å²) < 4.78 is 13.0. The maximum atomic E-state index is 13.0. The van der Waals surface area contributed by atoms with Crippen LogP contribution in [-0.2, 0) is 0 Å². The van der Waals surface area contributed by atoms with Crippen molar-refractivity contribution < 1.29 is 4.39 Å². The second kappa shape index (κ2) is 4.35. The van der Waals surface area contributed by atoms with Gasteiger partial charge in [-0.05, 0) is 30.0 Å². The fraction of sp³-hybridized carbons (Fsp3) is 0.462. The third-order valence-corrected chi connectivity index (χ3v) is 3.14. The van der Waals surface area contributed by atoms with E-state index >= 15 is 0 Å². The summed E-state index contributed by atoms with van der Waals surface area (Å²) in [6, 6.07) is 4.55. The van der Waals surface area contributed by atoms with E-state index in [1.807, 2.05) is 0 Å². The van der Waals surface area contributed by atoms with E-state index in [1.165, 1.54) is 12.1 Å². The molecule has 17 heavy (non-hydrogen) atoms. The van der Waals surface area contributed by atoms with Crippen LogP contribution in [0.5, 0.6) is 0 Å². The molecule has 2 rings (SSSR count). The zero-order valence-electron chi connectivity index (χ0n) is 10.5. The number of imidazole rings is 1. The highest BCUT2D eigenvalue weighted by Gasteiger charge is 2.15. The first kappa shape index (κ1) is 11.9. The van der Waals surface area contributed by atoms with E-state index in [9.17, 15) is 4.39 Å². The summed E-state index contributed by atoms with van der Waals surface area (Å²) in [6.45, 7) is 7.39. The van der Waals surface area contributed by atoms with Gasteiger partial charge in [-0.2, -0.15) is 0 Å². The first-order valence-electron chi connectivity index (χ1n) is 5.89. The molecular formula is C13H18FN3. The highest BCUT2D eigenvalue weighted by atomic mass is 19.1. The smallest absolute Gasteiger partial charge is 0.201 e. The highest BCUT2D eigenvalue weighted by molar-refractivity contribution is 5.77. The van der Waals surface area contributed by atoms with Crippen molar-refractivity contribution in [3.05, 3.63) is 24.0 Å². The molecule has 0 aliphatic carbocycles. The van der Waals surface area contributed by atoms with Gasteiger partial charge in [0.15, 0.2) is 0 Å². The molecule has 0 aliphatic heterocycles. The van der Waals surface area contributed by atoms with Crippen molar-refractivity contribution in [3.8, 4) is 0 Å². The molecular weight excluding hydrogens is 217 g/mol. The van der Waals surface area contributed by atoms with Gasteiger partial charge in [0.1, 0.15) is 5.82 Å². The first-order chi connectivity index (χ1) is 8.00. The molecule has 0 amide bonds. The molecule has 1 heterocycles. The number of fused-ring (bicyclic) bond motifs is 1. The van der Waals surface area contributed by atoms with E-state index in [0.717, 1.165) is 24.0 Å². The van der Waals surface area contributed by atoms with E-state index in [-0.39, 0.29) is 11.2 Å². The maximum Gasteiger partial charge on any atom is 0.201 e. The number of hydrogen-bond acceptors (Lipinski definition) is 2. The zero-order chi connectivity index (χ0) is 12.5. The molecule has 3 nitrogen and oxygen atoms in total. The summed E-state index contributed by atoms with van der Waals surface area (Å²) in [4.78, 5) is 7.43. The number of aromatic amines is 1. The van der Waals surface area contributed by atoms with E-state index in [2.05, 4.69) is 36.1 Å². The lowest BCUT2D eigenvalue weighted by atomic mass is 9.90. The third-order valence-electron chi connectivity index (χ3n) is 3.14. The predicted octanol–water partition coefficient (Wildman–Crippen LogP) is 3.55. The molecule has 0 saturated heterocycles. The largest absolute Gasteiger partial charge is 0.355 e. The topological polar surface area (TPSA) is 40.7 Å². The molecule has 1 aromatic heterocycles. The Hall–Kier alpha value is -1.58. The van der Waals surface area contributed by atoms with Crippen LogP contribution in [0.1, 0.15) is 27.2 Å². The minimum atomic E-state index is -0.249. The van der Waals surface area contributed by atoms with Gasteiger partial charge < -0.3 is 10.3 Å². The van der Waals surface area contributed by atoms with Gasteiger partial charge in [-0.3, -0.25) is 0 Å². The monoisotopic (exact) mass is 235 g/mol. The molecule has 4 heteroatoms. The van der Waals surface area contributed by atoms with E-state index in [0.29, 0.717) is 5.95 Å². The molecule has 2 N–H and O–H groups in total. The van der Waals surface area contributed by atoms with Crippen molar-refractivity contribution in [3.63, 3.8) is 0 Å². The molecule has 0 fully saturated rings. The van der Waals surface area contributed by atoms with Crippen LogP contribution in [0.3, 0.4) is 0 Å². The Morgan fingerprint density at radius 2 is 2.18 bits per heavy atom. The van der Waals surface area contributed by atoms with E-state index < -0.39 is 0 Å². The third kappa shape index (κ3) is 2.75. The number of hydrogen-bond donors (Lipinski definition) is 2. The predicted molar refractivity (Wildman–Crippen MR) is 68.6 cm³/mol. The van der Waals surface area contributed by atoms with Crippen LogP contribution in [0.2, 0.25) is 0 Å². The second-order valence-corrected chi connectivity index (χ2v) is 5.12. The Morgan fingerprint density at radius 1 is 1.41 bits per heavy atom. The minimum absolute atomic E-state index is 0.226. The Labute approximate surface area is 100 Å². The van der Waals surface area contributed by atoms with Crippen LogP contribution in [0.15, 0.2) is 18.2 Å². The van der Waals surface area contributed by atoms with Gasteiger partial charge in [0.05, 0.1) is 11.0 Å².